The molecule has 204 valence electrons. The molecule has 1 saturated carbocycles. The number of amides is 1. The number of nitrogens with zero attached hydrogens (tertiary/aromatic N) is 2. The Morgan fingerprint density at radius 2 is 2.05 bits per heavy atom. The van der Waals surface area contributed by atoms with Gasteiger partial charge in [0.2, 0.25) is 5.91 Å². The number of methoxy groups -OCH3 is 1. The van der Waals surface area contributed by atoms with Crippen molar-refractivity contribution in [3.8, 4) is 5.75 Å². The van der Waals surface area contributed by atoms with Crippen LogP contribution in [0.5, 0.6) is 5.75 Å². The number of carbonyl (C=O) groups is 2. The highest BCUT2D eigenvalue weighted by atomic mass is 32.2. The molecule has 0 aromatic heterocycles. The molecule has 0 radical (unpaired) electrons. The molecule has 38 heavy (non-hydrogen) atoms. The highest BCUT2D eigenvalue weighted by Gasteiger charge is 2.45. The Kier molecular flexibility index (Phi) is 7.08. The maximum absolute atomic E-state index is 14.3. The average Bonchev–Trinajstić information content (AvgIpc) is 3.54. The molecule has 3 atom stereocenters. The molecule has 2 aromatic carbocycles. The molecule has 2 aromatic rings. The topological polar surface area (TPSA) is 105 Å². The zero-order valence-electron chi connectivity index (χ0n) is 21.7. The van der Waals surface area contributed by atoms with Crippen molar-refractivity contribution < 1.29 is 31.9 Å². The molecule has 2 fully saturated rings. The smallest absolute Gasteiger partial charge is 0.343 e. The highest BCUT2D eigenvalue weighted by molar-refractivity contribution is 7.92. The molecule has 0 spiro atoms. The largest absolute Gasteiger partial charge is 0.492 e. The number of anilines is 1. The van der Waals surface area contributed by atoms with Crippen molar-refractivity contribution in [1.29, 1.82) is 0 Å². The van der Waals surface area contributed by atoms with Gasteiger partial charge in [0.1, 0.15) is 17.1 Å². The summed E-state index contributed by atoms with van der Waals surface area (Å²) in [4.78, 5) is 29.2. The van der Waals surface area contributed by atoms with E-state index in [4.69, 9.17) is 9.47 Å². The van der Waals surface area contributed by atoms with E-state index in [2.05, 4.69) is 9.62 Å². The maximum Gasteiger partial charge on any atom is 0.343 e. The molecule has 5 rings (SSSR count). The number of hydrogen-bond acceptors (Lipinski definition) is 7. The van der Waals surface area contributed by atoms with Gasteiger partial charge in [0, 0.05) is 19.5 Å². The minimum absolute atomic E-state index is 0.00997. The molecule has 0 bridgehead atoms. The summed E-state index contributed by atoms with van der Waals surface area (Å²) in [5, 5.41) is 0. The van der Waals surface area contributed by atoms with Crippen molar-refractivity contribution >= 4 is 27.6 Å². The van der Waals surface area contributed by atoms with E-state index in [0.29, 0.717) is 18.3 Å². The zero-order valence-corrected chi connectivity index (χ0v) is 22.5. The van der Waals surface area contributed by atoms with E-state index in [0.717, 1.165) is 50.0 Å². The molecule has 3 aliphatic rings. The number of fused-ring (bicyclic) bond motifs is 3. The summed E-state index contributed by atoms with van der Waals surface area (Å²) in [5.74, 6) is -0.452. The summed E-state index contributed by atoms with van der Waals surface area (Å²) in [7, 11) is -1.48. The van der Waals surface area contributed by atoms with Gasteiger partial charge < -0.3 is 14.4 Å². The average molecular weight is 546 g/mol. The van der Waals surface area contributed by atoms with Gasteiger partial charge in [0.15, 0.2) is 0 Å². The lowest BCUT2D eigenvalue weighted by molar-refractivity contribution is -0.135. The molecule has 11 heteroatoms. The minimum atomic E-state index is -4.29. The Morgan fingerprint density at radius 3 is 2.79 bits per heavy atom. The first kappa shape index (κ1) is 26.4. The lowest BCUT2D eigenvalue weighted by atomic mass is 10.0. The second-order valence-corrected chi connectivity index (χ2v) is 11.8. The predicted octanol–water partition coefficient (Wildman–Crippen LogP) is 3.35. The van der Waals surface area contributed by atoms with E-state index in [9.17, 15) is 22.4 Å². The molecular formula is C27H32FN3O6S. The van der Waals surface area contributed by atoms with Crippen molar-refractivity contribution in [3.63, 3.8) is 0 Å². The summed E-state index contributed by atoms with van der Waals surface area (Å²) in [6.07, 6.45) is 2.60. The van der Waals surface area contributed by atoms with E-state index >= 15 is 0 Å². The van der Waals surface area contributed by atoms with Crippen LogP contribution in [0.1, 0.15) is 53.6 Å². The van der Waals surface area contributed by atoms with Crippen LogP contribution in [0.25, 0.3) is 0 Å². The van der Waals surface area contributed by atoms with Gasteiger partial charge in [-0.25, -0.2) is 17.6 Å². The van der Waals surface area contributed by atoms with E-state index in [1.54, 1.807) is 13.1 Å². The third-order valence-corrected chi connectivity index (χ3v) is 9.20. The van der Waals surface area contributed by atoms with Crippen molar-refractivity contribution in [2.45, 2.75) is 49.6 Å². The molecule has 1 amide bonds. The third kappa shape index (κ3) is 4.84. The summed E-state index contributed by atoms with van der Waals surface area (Å²) < 4.78 is 54.8. The standard InChI is InChI=1S/C27H32FN3O6S/c1-4-31-11-5-6-22(31)26(32)30(2)14-16-12-18(28)7-10-23(16)38(34,35)29-21-9-8-19-20-13-17(20)15-37-25(19)24(21)27(33)36-3/h7-10,12,17,20,22,29H,4-6,11,13-15H2,1-3H3/t17-,20-,22+/m0/s1. The van der Waals surface area contributed by atoms with Gasteiger partial charge in [-0.15, -0.1) is 0 Å². The number of esters is 1. The number of hydrogen-bond donors (Lipinski definition) is 1. The molecule has 9 nitrogen and oxygen atoms in total. The number of sulfonamides is 1. The summed E-state index contributed by atoms with van der Waals surface area (Å²) in [6, 6.07) is 6.37. The molecular weight excluding hydrogens is 513 g/mol. The Hall–Kier alpha value is -3.18. The Balaban J connectivity index is 1.45. The van der Waals surface area contributed by atoms with E-state index < -0.39 is 21.8 Å². The SMILES string of the molecule is CCN1CCC[C@@H]1C(=O)N(C)Cc1cc(F)ccc1S(=O)(=O)Nc1ccc2c(c1C(=O)OC)OC[C@@H]1C[C@H]21. The summed E-state index contributed by atoms with van der Waals surface area (Å²) in [5.41, 5.74) is 1.01. The monoisotopic (exact) mass is 545 g/mol. The number of likely N-dealkylation sites (N-methyl/N-ethyl adjacent to an activating group) is 2. The zero-order chi connectivity index (χ0) is 27.2. The van der Waals surface area contributed by atoms with Gasteiger partial charge in [0.05, 0.1) is 30.3 Å². The van der Waals surface area contributed by atoms with Crippen LogP contribution in [0, 0.1) is 11.7 Å². The first-order valence-corrected chi connectivity index (χ1v) is 14.3. The fourth-order valence-electron chi connectivity index (χ4n) is 5.64. The van der Waals surface area contributed by atoms with Crippen molar-refractivity contribution in [1.82, 2.24) is 9.80 Å². The van der Waals surface area contributed by atoms with E-state index in [1.807, 2.05) is 6.92 Å². The van der Waals surface area contributed by atoms with Gasteiger partial charge in [-0.3, -0.25) is 14.4 Å². The number of halogens is 1. The first-order chi connectivity index (χ1) is 18.1. The second kappa shape index (κ2) is 10.2. The number of carbonyl (C=O) groups excluding carboxylic acids is 2. The molecule has 1 saturated heterocycles. The van der Waals surface area contributed by atoms with Crippen LogP contribution in [-0.2, 0) is 26.1 Å². The van der Waals surface area contributed by atoms with E-state index in [-0.39, 0.29) is 46.1 Å². The number of likely N-dealkylation sites (tertiary alicyclic amines) is 1. The Labute approximate surface area is 221 Å². The van der Waals surface area contributed by atoms with Crippen molar-refractivity contribution in [2.24, 2.45) is 5.92 Å². The van der Waals surface area contributed by atoms with E-state index in [1.165, 1.54) is 24.1 Å². The van der Waals surface area contributed by atoms with Crippen LogP contribution < -0.4 is 9.46 Å². The molecule has 2 heterocycles. The summed E-state index contributed by atoms with van der Waals surface area (Å²) in [6.45, 7) is 3.92. The lowest BCUT2D eigenvalue weighted by Gasteiger charge is -2.27. The van der Waals surface area contributed by atoms with Crippen LogP contribution >= 0.6 is 0 Å². The van der Waals surface area contributed by atoms with Crippen LogP contribution in [-0.4, -0.2) is 70.0 Å². The highest BCUT2D eigenvalue weighted by Crippen LogP contribution is 2.55. The summed E-state index contributed by atoms with van der Waals surface area (Å²) >= 11 is 0. The van der Waals surface area contributed by atoms with Gasteiger partial charge in [-0.2, -0.15) is 0 Å². The lowest BCUT2D eigenvalue weighted by Crippen LogP contribution is -2.43. The Bertz CT molecular complexity index is 1380. The number of ether oxygens (including phenoxy) is 2. The van der Waals surface area contributed by atoms with Gasteiger partial charge in [-0.05, 0) is 73.7 Å². The van der Waals surface area contributed by atoms with Gasteiger partial charge >= 0.3 is 5.97 Å². The molecule has 0 unspecified atom stereocenters. The third-order valence-electron chi connectivity index (χ3n) is 7.74. The second-order valence-electron chi connectivity index (χ2n) is 10.1. The Morgan fingerprint density at radius 1 is 1.26 bits per heavy atom. The number of rotatable bonds is 8. The molecule has 1 N–H and O–H groups in total. The normalized spacial score (nSPS) is 22.2. The van der Waals surface area contributed by atoms with Crippen LogP contribution in [0.2, 0.25) is 0 Å². The number of nitrogens with one attached hydrogen (secondary N) is 1. The first-order valence-electron chi connectivity index (χ1n) is 12.8. The quantitative estimate of drug-likeness (QED) is 0.507. The maximum atomic E-state index is 14.3. The van der Waals surface area contributed by atoms with Crippen molar-refractivity contribution in [3.05, 3.63) is 52.8 Å². The van der Waals surface area contributed by atoms with Gasteiger partial charge in [-0.1, -0.05) is 13.0 Å². The predicted molar refractivity (Wildman–Crippen MR) is 138 cm³/mol. The fraction of sp³-hybridized carbons (Fsp3) is 0.481. The fourth-order valence-corrected chi connectivity index (χ4v) is 6.93. The molecule has 2 aliphatic heterocycles. The van der Waals surface area contributed by atoms with Gasteiger partial charge in [0.25, 0.3) is 10.0 Å². The van der Waals surface area contributed by atoms with Crippen LogP contribution in [0.15, 0.2) is 35.2 Å². The minimum Gasteiger partial charge on any atom is -0.492 e. The van der Waals surface area contributed by atoms with Crippen LogP contribution in [0.3, 0.4) is 0 Å². The van der Waals surface area contributed by atoms with Crippen LogP contribution in [0.4, 0.5) is 10.1 Å². The van der Waals surface area contributed by atoms with Crippen molar-refractivity contribution in [2.75, 3.05) is 38.6 Å². The number of benzene rings is 2. The molecule has 1 aliphatic carbocycles.